The number of aromatic amines is 1. The van der Waals surface area contributed by atoms with Crippen LogP contribution in [0.3, 0.4) is 0 Å². The van der Waals surface area contributed by atoms with Gasteiger partial charge < -0.3 is 25.1 Å². The molecule has 6 nitrogen and oxygen atoms in total. The average molecular weight is 384 g/mol. The Hall–Kier alpha value is -3.22. The Bertz CT molecular complexity index is 968. The van der Waals surface area contributed by atoms with Crippen molar-refractivity contribution in [1.29, 1.82) is 0 Å². The molecule has 0 fully saturated rings. The van der Waals surface area contributed by atoms with E-state index in [1.54, 1.807) is 20.3 Å². The van der Waals surface area contributed by atoms with Crippen molar-refractivity contribution in [3.05, 3.63) is 54.0 Å². The standard InChI is InChI=1S/C21H25FN4O2/c1-4-23-21(26-16-6-8-19(27-2)20(12-16)28-3)24-10-9-14-13-25-18-11-15(22)5-7-17(14)18/h5-8,11-13,25H,4,9-10H2,1-3H3,(H2,23,24,26). The van der Waals surface area contributed by atoms with Gasteiger partial charge in [0, 0.05) is 41.9 Å². The van der Waals surface area contributed by atoms with Gasteiger partial charge in [-0.3, -0.25) is 4.99 Å². The number of halogens is 1. The molecule has 7 heteroatoms. The second kappa shape index (κ2) is 9.12. The molecule has 0 aliphatic carbocycles. The highest BCUT2D eigenvalue weighted by Gasteiger charge is 2.07. The van der Waals surface area contributed by atoms with Gasteiger partial charge in [-0.25, -0.2) is 4.39 Å². The topological polar surface area (TPSA) is 70.7 Å². The highest BCUT2D eigenvalue weighted by molar-refractivity contribution is 5.94. The summed E-state index contributed by atoms with van der Waals surface area (Å²) in [5.41, 5.74) is 2.76. The van der Waals surface area contributed by atoms with Gasteiger partial charge in [-0.15, -0.1) is 0 Å². The van der Waals surface area contributed by atoms with Crippen LogP contribution in [0.25, 0.3) is 10.9 Å². The molecule has 0 unspecified atom stereocenters. The van der Waals surface area contributed by atoms with Crippen LogP contribution in [0.1, 0.15) is 12.5 Å². The first-order valence-corrected chi connectivity index (χ1v) is 9.17. The van der Waals surface area contributed by atoms with Gasteiger partial charge >= 0.3 is 0 Å². The van der Waals surface area contributed by atoms with Crippen LogP contribution in [0, 0.1) is 5.82 Å². The van der Waals surface area contributed by atoms with Crippen LogP contribution in [0.15, 0.2) is 47.6 Å². The average Bonchev–Trinajstić information content (AvgIpc) is 3.10. The summed E-state index contributed by atoms with van der Waals surface area (Å²) in [4.78, 5) is 7.75. The first-order valence-electron chi connectivity index (χ1n) is 9.17. The van der Waals surface area contributed by atoms with Gasteiger partial charge in [0.05, 0.1) is 14.2 Å². The molecule has 0 aliphatic heterocycles. The van der Waals surface area contributed by atoms with E-state index in [0.717, 1.165) is 35.1 Å². The minimum atomic E-state index is -0.243. The zero-order valence-corrected chi connectivity index (χ0v) is 16.3. The third kappa shape index (κ3) is 4.54. The van der Waals surface area contributed by atoms with E-state index in [-0.39, 0.29) is 5.82 Å². The maximum absolute atomic E-state index is 13.3. The number of rotatable bonds is 7. The van der Waals surface area contributed by atoms with Crippen LogP contribution in [0.2, 0.25) is 0 Å². The number of nitrogens with zero attached hydrogens (tertiary/aromatic N) is 1. The summed E-state index contributed by atoms with van der Waals surface area (Å²) in [6.07, 6.45) is 2.66. The number of hydrogen-bond acceptors (Lipinski definition) is 3. The summed E-state index contributed by atoms with van der Waals surface area (Å²) in [6.45, 7) is 3.35. The number of aliphatic imine (C=N–C) groups is 1. The zero-order valence-electron chi connectivity index (χ0n) is 16.3. The van der Waals surface area contributed by atoms with E-state index in [4.69, 9.17) is 9.47 Å². The van der Waals surface area contributed by atoms with Crippen LogP contribution in [0.4, 0.5) is 10.1 Å². The van der Waals surface area contributed by atoms with Gasteiger partial charge in [0.2, 0.25) is 0 Å². The Balaban J connectivity index is 1.70. The van der Waals surface area contributed by atoms with Crippen molar-refractivity contribution < 1.29 is 13.9 Å². The summed E-state index contributed by atoms with van der Waals surface area (Å²) >= 11 is 0. The molecule has 0 aliphatic rings. The molecule has 2 aromatic carbocycles. The summed E-state index contributed by atoms with van der Waals surface area (Å²) in [7, 11) is 3.21. The fraction of sp³-hybridized carbons (Fsp3) is 0.286. The molecule has 0 amide bonds. The van der Waals surface area contributed by atoms with Crippen molar-refractivity contribution >= 4 is 22.5 Å². The lowest BCUT2D eigenvalue weighted by molar-refractivity contribution is 0.355. The fourth-order valence-electron chi connectivity index (χ4n) is 3.01. The van der Waals surface area contributed by atoms with Crippen molar-refractivity contribution in [1.82, 2.24) is 10.3 Å². The normalized spacial score (nSPS) is 11.5. The molecular weight excluding hydrogens is 359 g/mol. The number of ether oxygens (including phenoxy) is 2. The summed E-state index contributed by atoms with van der Waals surface area (Å²) in [5.74, 6) is 1.76. The highest BCUT2D eigenvalue weighted by atomic mass is 19.1. The second-order valence-corrected chi connectivity index (χ2v) is 6.21. The SMILES string of the molecule is CCNC(=NCCc1c[nH]c2cc(F)ccc12)Nc1ccc(OC)c(OC)c1. The predicted octanol–water partition coefficient (Wildman–Crippen LogP) is 3.94. The maximum atomic E-state index is 13.3. The maximum Gasteiger partial charge on any atom is 0.195 e. The number of anilines is 1. The quantitative estimate of drug-likeness (QED) is 0.426. The lowest BCUT2D eigenvalue weighted by Gasteiger charge is -2.13. The molecule has 0 spiro atoms. The smallest absolute Gasteiger partial charge is 0.195 e. The number of guanidine groups is 1. The number of H-pyrrole nitrogens is 1. The minimum Gasteiger partial charge on any atom is -0.493 e. The largest absolute Gasteiger partial charge is 0.493 e. The molecule has 148 valence electrons. The van der Waals surface area contributed by atoms with Crippen LogP contribution >= 0.6 is 0 Å². The van der Waals surface area contributed by atoms with Crippen LogP contribution < -0.4 is 20.1 Å². The molecule has 28 heavy (non-hydrogen) atoms. The molecule has 3 aromatic rings. The van der Waals surface area contributed by atoms with Gasteiger partial charge in [0.15, 0.2) is 17.5 Å². The summed E-state index contributed by atoms with van der Waals surface area (Å²) in [5, 5.41) is 7.53. The van der Waals surface area contributed by atoms with Crippen molar-refractivity contribution in [2.24, 2.45) is 4.99 Å². The molecule has 0 atom stereocenters. The van der Waals surface area contributed by atoms with Crippen LogP contribution in [-0.2, 0) is 6.42 Å². The number of benzene rings is 2. The number of nitrogens with one attached hydrogen (secondary N) is 3. The number of methoxy groups -OCH3 is 2. The second-order valence-electron chi connectivity index (χ2n) is 6.21. The van der Waals surface area contributed by atoms with Crippen molar-refractivity contribution in [2.45, 2.75) is 13.3 Å². The molecule has 0 bridgehead atoms. The summed E-state index contributed by atoms with van der Waals surface area (Å²) < 4.78 is 23.9. The van der Waals surface area contributed by atoms with Crippen molar-refractivity contribution in [3.63, 3.8) is 0 Å². The Labute approximate surface area is 163 Å². The summed E-state index contributed by atoms with van der Waals surface area (Å²) in [6, 6.07) is 10.4. The van der Waals surface area contributed by atoms with E-state index >= 15 is 0 Å². The minimum absolute atomic E-state index is 0.243. The predicted molar refractivity (Wildman–Crippen MR) is 111 cm³/mol. The van der Waals surface area contributed by atoms with E-state index in [1.165, 1.54) is 12.1 Å². The Morgan fingerprint density at radius 3 is 2.68 bits per heavy atom. The molecule has 3 N–H and O–H groups in total. The Kier molecular flexibility index (Phi) is 6.37. The first kappa shape index (κ1) is 19.5. The monoisotopic (exact) mass is 384 g/mol. The molecule has 1 aromatic heterocycles. The molecule has 0 saturated carbocycles. The Morgan fingerprint density at radius 2 is 1.93 bits per heavy atom. The van der Waals surface area contributed by atoms with Gasteiger partial charge in [-0.05, 0) is 49.2 Å². The van der Waals surface area contributed by atoms with Gasteiger partial charge in [-0.1, -0.05) is 0 Å². The van der Waals surface area contributed by atoms with Crippen molar-refractivity contribution in [2.75, 3.05) is 32.6 Å². The van der Waals surface area contributed by atoms with E-state index in [0.29, 0.717) is 24.0 Å². The van der Waals surface area contributed by atoms with E-state index < -0.39 is 0 Å². The van der Waals surface area contributed by atoms with Gasteiger partial charge in [-0.2, -0.15) is 0 Å². The van der Waals surface area contributed by atoms with Crippen LogP contribution in [-0.4, -0.2) is 38.3 Å². The zero-order chi connectivity index (χ0) is 19.9. The van der Waals surface area contributed by atoms with Crippen molar-refractivity contribution in [3.8, 4) is 11.5 Å². The highest BCUT2D eigenvalue weighted by Crippen LogP contribution is 2.29. The first-order chi connectivity index (χ1) is 13.6. The number of aromatic nitrogens is 1. The lowest BCUT2D eigenvalue weighted by atomic mass is 10.1. The molecule has 1 heterocycles. The van der Waals surface area contributed by atoms with E-state index in [9.17, 15) is 4.39 Å². The van der Waals surface area contributed by atoms with E-state index in [1.807, 2.05) is 31.3 Å². The Morgan fingerprint density at radius 1 is 1.11 bits per heavy atom. The molecule has 0 radical (unpaired) electrons. The lowest BCUT2D eigenvalue weighted by Crippen LogP contribution is -2.30. The number of hydrogen-bond donors (Lipinski definition) is 3. The molecule has 3 rings (SSSR count). The fourth-order valence-corrected chi connectivity index (χ4v) is 3.01. The van der Waals surface area contributed by atoms with Crippen LogP contribution in [0.5, 0.6) is 11.5 Å². The van der Waals surface area contributed by atoms with Gasteiger partial charge in [0.1, 0.15) is 5.82 Å². The molecule has 0 saturated heterocycles. The van der Waals surface area contributed by atoms with E-state index in [2.05, 4.69) is 20.6 Å². The number of fused-ring (bicyclic) bond motifs is 1. The third-order valence-electron chi connectivity index (χ3n) is 4.37. The van der Waals surface area contributed by atoms with Gasteiger partial charge in [0.25, 0.3) is 0 Å². The third-order valence-corrected chi connectivity index (χ3v) is 4.37. The molecular formula is C21H25FN4O2.